The number of hydrogen-bond acceptors (Lipinski definition) is 7. The molecule has 5 saturated carbocycles. The van der Waals surface area contributed by atoms with E-state index in [1.807, 2.05) is 0 Å². The lowest BCUT2D eigenvalue weighted by molar-refractivity contribution is -0.216. The van der Waals surface area contributed by atoms with Gasteiger partial charge in [-0.25, -0.2) is 0 Å². The first-order chi connectivity index (χ1) is 19.0. The molecule has 0 aromatic heterocycles. The molecule has 0 radical (unpaired) electrons. The quantitative estimate of drug-likeness (QED) is 0.389. The average Bonchev–Trinajstić information content (AvgIpc) is 3.50. The molecule has 0 amide bonds. The molecule has 0 aromatic carbocycles. The molecule has 0 aromatic rings. The van der Waals surface area contributed by atoms with Crippen LogP contribution in [0, 0.1) is 50.7 Å². The van der Waals surface area contributed by atoms with Crippen molar-refractivity contribution in [2.45, 2.75) is 143 Å². The molecule has 2 spiro atoms. The van der Waals surface area contributed by atoms with Crippen molar-refractivity contribution >= 4 is 5.97 Å². The number of aliphatic hydroxyl groups is 2. The number of ether oxygens (including phenoxy) is 3. The topological polar surface area (TPSA) is 111 Å². The second-order valence-electron chi connectivity index (χ2n) is 16.9. The van der Waals surface area contributed by atoms with Gasteiger partial charge in [0.25, 0.3) is 0 Å². The summed E-state index contributed by atoms with van der Waals surface area (Å²) in [6, 6.07) is 0. The zero-order chi connectivity index (χ0) is 30.0. The van der Waals surface area contributed by atoms with E-state index in [2.05, 4.69) is 34.6 Å². The number of aliphatic hydroxyl groups excluding tert-OH is 1. The number of esters is 1. The Bertz CT molecular complexity index is 1060. The van der Waals surface area contributed by atoms with Crippen molar-refractivity contribution < 1.29 is 29.2 Å². The number of rotatable bonds is 6. The van der Waals surface area contributed by atoms with Crippen LogP contribution < -0.4 is 5.73 Å². The first kappa shape index (κ1) is 30.3. The van der Waals surface area contributed by atoms with Crippen molar-refractivity contribution in [2.24, 2.45) is 56.5 Å². The Morgan fingerprint density at radius 3 is 2.37 bits per heavy atom. The summed E-state index contributed by atoms with van der Waals surface area (Å²) in [5.74, 6) is 1.22. The molecule has 7 nitrogen and oxygen atoms in total. The van der Waals surface area contributed by atoms with Crippen LogP contribution in [0.2, 0.25) is 0 Å². The summed E-state index contributed by atoms with van der Waals surface area (Å²) in [6.07, 6.45) is 7.20. The van der Waals surface area contributed by atoms with Crippen LogP contribution >= 0.6 is 0 Å². The summed E-state index contributed by atoms with van der Waals surface area (Å²) in [5.41, 5.74) is 5.07. The van der Waals surface area contributed by atoms with Gasteiger partial charge in [0, 0.05) is 18.9 Å². The van der Waals surface area contributed by atoms with E-state index in [0.29, 0.717) is 42.2 Å². The van der Waals surface area contributed by atoms with E-state index in [4.69, 9.17) is 19.9 Å². The van der Waals surface area contributed by atoms with Crippen molar-refractivity contribution in [1.29, 1.82) is 0 Å². The minimum Gasteiger partial charge on any atom is -0.457 e. The Morgan fingerprint density at radius 2 is 1.73 bits per heavy atom. The molecule has 234 valence electrons. The van der Waals surface area contributed by atoms with Crippen LogP contribution in [0.5, 0.6) is 0 Å². The number of carbonyl (C=O) groups excluding carboxylic acids is 1. The van der Waals surface area contributed by atoms with E-state index < -0.39 is 29.9 Å². The second kappa shape index (κ2) is 9.39. The van der Waals surface area contributed by atoms with E-state index in [0.717, 1.165) is 19.3 Å². The summed E-state index contributed by atoms with van der Waals surface area (Å²) in [7, 11) is 0. The molecule has 1 unspecified atom stereocenters. The van der Waals surface area contributed by atoms with Crippen molar-refractivity contribution in [3.05, 3.63) is 0 Å². The number of hydrogen-bond donors (Lipinski definition) is 3. The molecule has 5 aliphatic carbocycles. The van der Waals surface area contributed by atoms with Gasteiger partial charge in [-0.15, -0.1) is 0 Å². The second-order valence-corrected chi connectivity index (χ2v) is 16.9. The molecule has 6 rings (SSSR count). The van der Waals surface area contributed by atoms with Crippen LogP contribution in [0.1, 0.15) is 107 Å². The van der Waals surface area contributed by atoms with E-state index in [1.54, 1.807) is 13.8 Å². The highest BCUT2D eigenvalue weighted by Gasteiger charge is 2.84. The summed E-state index contributed by atoms with van der Waals surface area (Å²) in [5, 5.41) is 23.4. The number of nitrogens with two attached hydrogens (primary N) is 1. The highest BCUT2D eigenvalue weighted by atomic mass is 16.6. The summed E-state index contributed by atoms with van der Waals surface area (Å²) in [4.78, 5) is 12.0. The fourth-order valence-electron chi connectivity index (χ4n) is 12.9. The molecule has 4 N–H and O–H groups in total. The van der Waals surface area contributed by atoms with Crippen molar-refractivity contribution in [2.75, 3.05) is 13.2 Å². The summed E-state index contributed by atoms with van der Waals surface area (Å²) >= 11 is 0. The maximum Gasteiger partial charge on any atom is 0.303 e. The van der Waals surface area contributed by atoms with E-state index in [1.165, 1.54) is 32.6 Å². The van der Waals surface area contributed by atoms with Gasteiger partial charge in [0.2, 0.25) is 0 Å². The molecule has 1 aliphatic heterocycles. The summed E-state index contributed by atoms with van der Waals surface area (Å²) in [6.45, 7) is 18.0. The van der Waals surface area contributed by atoms with Crippen LogP contribution in [0.15, 0.2) is 0 Å². The minimum atomic E-state index is -1.24. The Balaban J connectivity index is 1.31. The lowest BCUT2D eigenvalue weighted by Crippen LogP contribution is -2.60. The van der Waals surface area contributed by atoms with Crippen molar-refractivity contribution in [3.63, 3.8) is 0 Å². The molecular formula is C34H57NO6. The zero-order valence-electron chi connectivity index (χ0n) is 26.9. The Labute approximate surface area is 247 Å². The molecular weight excluding hydrogens is 518 g/mol. The first-order valence-corrected chi connectivity index (χ1v) is 16.6. The van der Waals surface area contributed by atoms with Crippen LogP contribution in [-0.2, 0) is 19.0 Å². The highest BCUT2D eigenvalue weighted by Crippen LogP contribution is 2.89. The molecule has 6 fully saturated rings. The fraction of sp³-hybridized carbons (Fsp3) is 0.971. The monoisotopic (exact) mass is 575 g/mol. The average molecular weight is 576 g/mol. The molecule has 41 heavy (non-hydrogen) atoms. The molecule has 1 heterocycles. The van der Waals surface area contributed by atoms with Gasteiger partial charge in [-0.2, -0.15) is 0 Å². The Hall–Kier alpha value is -0.730. The third-order valence-corrected chi connectivity index (χ3v) is 14.5. The largest absolute Gasteiger partial charge is 0.457 e. The number of carbonyl (C=O) groups is 1. The van der Waals surface area contributed by atoms with Gasteiger partial charge in [0.05, 0.1) is 36.6 Å². The smallest absolute Gasteiger partial charge is 0.303 e. The standard InChI is InChI=1S/C34H57NO6/c1-19-17-21(28(30(5,6)38)40-20(2)36)41-26-25(19)31(7)13-14-34-18-33(34)12-11-24(39-16-15-35)29(3,4)22(33)9-10-23(34)32(31,8)27(26)37/h19,21-28,37-38H,9-18,35H2,1-8H3/t19-,21-,22+,23+,24+,25+,26+,27+,28+,31-,32-,33?,34+/m1/s1. The van der Waals surface area contributed by atoms with E-state index in [9.17, 15) is 15.0 Å². The van der Waals surface area contributed by atoms with Crippen LogP contribution in [-0.4, -0.2) is 65.5 Å². The third-order valence-electron chi connectivity index (χ3n) is 14.5. The van der Waals surface area contributed by atoms with Gasteiger partial charge < -0.3 is 30.2 Å². The Morgan fingerprint density at radius 1 is 1.07 bits per heavy atom. The number of fused-ring (bicyclic) bond motifs is 4. The normalized spacial score (nSPS) is 52.3. The highest BCUT2D eigenvalue weighted by molar-refractivity contribution is 5.66. The van der Waals surface area contributed by atoms with E-state index >= 15 is 0 Å². The van der Waals surface area contributed by atoms with Gasteiger partial charge in [0.15, 0.2) is 6.10 Å². The van der Waals surface area contributed by atoms with Gasteiger partial charge >= 0.3 is 5.97 Å². The van der Waals surface area contributed by atoms with Crippen LogP contribution in [0.3, 0.4) is 0 Å². The molecule has 6 aliphatic rings. The third kappa shape index (κ3) is 3.83. The maximum absolute atomic E-state index is 12.4. The molecule has 1 saturated heterocycles. The predicted molar refractivity (Wildman–Crippen MR) is 157 cm³/mol. The zero-order valence-corrected chi connectivity index (χ0v) is 26.9. The van der Waals surface area contributed by atoms with Gasteiger partial charge in [-0.1, -0.05) is 34.6 Å². The fourth-order valence-corrected chi connectivity index (χ4v) is 12.9. The lowest BCUT2D eigenvalue weighted by atomic mass is 9.41. The van der Waals surface area contributed by atoms with Crippen LogP contribution in [0.25, 0.3) is 0 Å². The summed E-state index contributed by atoms with van der Waals surface area (Å²) < 4.78 is 18.8. The SMILES string of the molecule is CC(=O)O[C@@H]([C@H]1C[C@@H](C)[C@H]2[C@H](O1)[C@H](O)[C@@]1(C)[C@@H]3CC[C@H]4C(C)(C)[C@@H](OCCN)CCC45C[C@@]35CC[C@]21C)C(C)(C)O. The maximum atomic E-state index is 12.4. The molecule has 7 heteroatoms. The minimum absolute atomic E-state index is 0.0311. The lowest BCUT2D eigenvalue weighted by Gasteiger charge is -2.63. The molecule has 13 atom stereocenters. The van der Waals surface area contributed by atoms with E-state index in [-0.39, 0.29) is 40.3 Å². The predicted octanol–water partition coefficient (Wildman–Crippen LogP) is 4.85. The van der Waals surface area contributed by atoms with Crippen molar-refractivity contribution in [3.8, 4) is 0 Å². The first-order valence-electron chi connectivity index (χ1n) is 16.6. The molecule has 0 bridgehead atoms. The van der Waals surface area contributed by atoms with Gasteiger partial charge in [-0.05, 0) is 111 Å². The Kier molecular flexibility index (Phi) is 6.94. The van der Waals surface area contributed by atoms with Crippen LogP contribution in [0.4, 0.5) is 0 Å². The van der Waals surface area contributed by atoms with Crippen molar-refractivity contribution in [1.82, 2.24) is 0 Å². The van der Waals surface area contributed by atoms with Gasteiger partial charge in [0.1, 0.15) is 0 Å². The van der Waals surface area contributed by atoms with Gasteiger partial charge in [-0.3, -0.25) is 4.79 Å².